The third-order valence-corrected chi connectivity index (χ3v) is 2.29. The zero-order chi connectivity index (χ0) is 12.4. The molecular formula is C12H12N2O3. The molecule has 0 radical (unpaired) electrons. The molecule has 88 valence electrons. The molecule has 0 amide bonds. The maximum Gasteiger partial charge on any atom is 0.373 e. The average molecular weight is 232 g/mol. The van der Waals surface area contributed by atoms with E-state index in [-0.39, 0.29) is 11.8 Å². The van der Waals surface area contributed by atoms with E-state index in [0.29, 0.717) is 5.69 Å². The van der Waals surface area contributed by atoms with Crippen LogP contribution in [0.5, 0.6) is 0 Å². The van der Waals surface area contributed by atoms with Crippen LogP contribution in [0.15, 0.2) is 28.7 Å². The molecule has 0 unspecified atom stereocenters. The Balaban J connectivity index is 2.22. The van der Waals surface area contributed by atoms with Gasteiger partial charge in [-0.25, -0.2) is 4.79 Å². The minimum absolute atomic E-state index is 0.139. The van der Waals surface area contributed by atoms with Gasteiger partial charge in [-0.3, -0.25) is 0 Å². The summed E-state index contributed by atoms with van der Waals surface area (Å²) in [6.45, 7) is 3.58. The van der Waals surface area contributed by atoms with Crippen LogP contribution in [0, 0.1) is 13.8 Å². The van der Waals surface area contributed by atoms with Gasteiger partial charge in [0.05, 0.1) is 5.69 Å². The number of hydrogen-bond acceptors (Lipinski definition) is 4. The smallest absolute Gasteiger partial charge is 0.373 e. The highest BCUT2D eigenvalue weighted by atomic mass is 16.4. The van der Waals surface area contributed by atoms with Crippen molar-refractivity contribution in [2.24, 2.45) is 0 Å². The number of aromatic nitrogens is 1. The van der Waals surface area contributed by atoms with Crippen LogP contribution in [0.3, 0.4) is 0 Å². The van der Waals surface area contributed by atoms with Gasteiger partial charge in [-0.2, -0.15) is 4.98 Å². The maximum absolute atomic E-state index is 10.8. The summed E-state index contributed by atoms with van der Waals surface area (Å²) in [5, 5.41) is 11.7. The SMILES string of the molecule is Cc1ccc(Nc2nc(C)c(C(=O)O)o2)cc1. The highest BCUT2D eigenvalue weighted by Gasteiger charge is 2.15. The molecule has 0 aliphatic rings. The molecular weight excluding hydrogens is 220 g/mol. The number of benzene rings is 1. The molecule has 0 aliphatic heterocycles. The summed E-state index contributed by atoms with van der Waals surface area (Å²) in [4.78, 5) is 14.8. The lowest BCUT2D eigenvalue weighted by Crippen LogP contribution is -1.95. The Labute approximate surface area is 98.1 Å². The predicted molar refractivity (Wildman–Crippen MR) is 62.7 cm³/mol. The van der Waals surface area contributed by atoms with Crippen LogP contribution >= 0.6 is 0 Å². The van der Waals surface area contributed by atoms with E-state index < -0.39 is 5.97 Å². The van der Waals surface area contributed by atoms with Crippen LogP contribution in [0.4, 0.5) is 11.7 Å². The third kappa shape index (κ3) is 2.44. The van der Waals surface area contributed by atoms with Crippen molar-refractivity contribution < 1.29 is 14.3 Å². The van der Waals surface area contributed by atoms with Crippen molar-refractivity contribution in [3.05, 3.63) is 41.3 Å². The Morgan fingerprint density at radius 1 is 1.29 bits per heavy atom. The van der Waals surface area contributed by atoms with E-state index in [1.807, 2.05) is 31.2 Å². The summed E-state index contributed by atoms with van der Waals surface area (Å²) in [7, 11) is 0. The fourth-order valence-electron chi connectivity index (χ4n) is 1.41. The monoisotopic (exact) mass is 232 g/mol. The van der Waals surface area contributed by atoms with Crippen LogP contribution in [0.25, 0.3) is 0 Å². The molecule has 0 bridgehead atoms. The number of hydrogen-bond donors (Lipinski definition) is 2. The molecule has 2 rings (SSSR count). The van der Waals surface area contributed by atoms with Crippen LogP contribution in [-0.2, 0) is 0 Å². The fourth-order valence-corrected chi connectivity index (χ4v) is 1.41. The van der Waals surface area contributed by atoms with Gasteiger partial charge in [-0.15, -0.1) is 0 Å². The molecule has 1 aromatic heterocycles. The maximum atomic E-state index is 10.8. The lowest BCUT2D eigenvalue weighted by atomic mass is 10.2. The molecule has 0 aliphatic carbocycles. The van der Waals surface area contributed by atoms with Crippen LogP contribution < -0.4 is 5.32 Å². The topological polar surface area (TPSA) is 75.4 Å². The second kappa shape index (κ2) is 4.29. The van der Waals surface area contributed by atoms with E-state index in [2.05, 4.69) is 10.3 Å². The van der Waals surface area contributed by atoms with E-state index in [0.717, 1.165) is 11.3 Å². The summed E-state index contributed by atoms with van der Waals surface area (Å²) in [5.41, 5.74) is 2.30. The second-order valence-corrected chi connectivity index (χ2v) is 3.73. The van der Waals surface area contributed by atoms with Crippen LogP contribution in [0.1, 0.15) is 21.8 Å². The van der Waals surface area contributed by atoms with Crippen molar-refractivity contribution in [2.75, 3.05) is 5.32 Å². The first-order chi connectivity index (χ1) is 8.06. The molecule has 17 heavy (non-hydrogen) atoms. The Morgan fingerprint density at radius 2 is 1.94 bits per heavy atom. The highest BCUT2D eigenvalue weighted by molar-refractivity contribution is 5.85. The molecule has 2 N–H and O–H groups in total. The largest absolute Gasteiger partial charge is 0.475 e. The number of carboxylic acid groups (broad SMARTS) is 1. The van der Waals surface area contributed by atoms with Gasteiger partial charge in [0, 0.05) is 5.69 Å². The molecule has 0 saturated carbocycles. The number of carboxylic acids is 1. The first-order valence-corrected chi connectivity index (χ1v) is 5.10. The molecule has 0 atom stereocenters. The quantitative estimate of drug-likeness (QED) is 0.850. The minimum atomic E-state index is -1.12. The van der Waals surface area contributed by atoms with Gasteiger partial charge >= 0.3 is 5.97 Å². The first-order valence-electron chi connectivity index (χ1n) is 5.10. The van der Waals surface area contributed by atoms with E-state index in [4.69, 9.17) is 9.52 Å². The van der Waals surface area contributed by atoms with Crippen molar-refractivity contribution in [3.8, 4) is 0 Å². The van der Waals surface area contributed by atoms with Crippen molar-refractivity contribution in [2.45, 2.75) is 13.8 Å². The summed E-state index contributed by atoms with van der Waals surface area (Å²) >= 11 is 0. The lowest BCUT2D eigenvalue weighted by molar-refractivity contribution is 0.0662. The van der Waals surface area contributed by atoms with Gasteiger partial charge in [0.25, 0.3) is 6.01 Å². The van der Waals surface area contributed by atoms with E-state index in [9.17, 15) is 4.79 Å². The number of nitrogens with zero attached hydrogens (tertiary/aromatic N) is 1. The Kier molecular flexibility index (Phi) is 2.82. The number of aryl methyl sites for hydroxylation is 2. The number of anilines is 2. The van der Waals surface area contributed by atoms with Gasteiger partial charge in [-0.1, -0.05) is 17.7 Å². The van der Waals surface area contributed by atoms with Crippen LogP contribution in [-0.4, -0.2) is 16.1 Å². The van der Waals surface area contributed by atoms with Crippen molar-refractivity contribution in [1.29, 1.82) is 0 Å². The molecule has 2 aromatic rings. The summed E-state index contributed by atoms with van der Waals surface area (Å²) < 4.78 is 5.09. The molecule has 1 heterocycles. The molecule has 0 saturated heterocycles. The van der Waals surface area contributed by atoms with Crippen molar-refractivity contribution in [3.63, 3.8) is 0 Å². The molecule has 0 spiro atoms. The van der Waals surface area contributed by atoms with Crippen LogP contribution in [0.2, 0.25) is 0 Å². The number of carbonyl (C=O) groups is 1. The predicted octanol–water partition coefficient (Wildman–Crippen LogP) is 2.73. The van der Waals surface area contributed by atoms with Crippen molar-refractivity contribution >= 4 is 17.7 Å². The summed E-state index contributed by atoms with van der Waals surface area (Å²) in [5.74, 6) is -1.26. The average Bonchev–Trinajstić information content (AvgIpc) is 2.63. The minimum Gasteiger partial charge on any atom is -0.475 e. The van der Waals surface area contributed by atoms with Gasteiger partial charge < -0.3 is 14.8 Å². The van der Waals surface area contributed by atoms with Gasteiger partial charge in [0.2, 0.25) is 5.76 Å². The van der Waals surface area contributed by atoms with Gasteiger partial charge in [0.1, 0.15) is 0 Å². The number of aromatic carboxylic acids is 1. The normalized spacial score (nSPS) is 10.2. The number of nitrogens with one attached hydrogen (secondary N) is 1. The molecule has 5 nitrogen and oxygen atoms in total. The van der Waals surface area contributed by atoms with E-state index in [1.165, 1.54) is 0 Å². The molecule has 5 heteroatoms. The Hall–Kier alpha value is -2.30. The number of rotatable bonds is 3. The second-order valence-electron chi connectivity index (χ2n) is 3.73. The first kappa shape index (κ1) is 11.2. The lowest BCUT2D eigenvalue weighted by Gasteiger charge is -2.01. The zero-order valence-electron chi connectivity index (χ0n) is 9.52. The summed E-state index contributed by atoms with van der Waals surface area (Å²) in [6.07, 6.45) is 0. The van der Waals surface area contributed by atoms with Crippen molar-refractivity contribution in [1.82, 2.24) is 4.98 Å². The molecule has 1 aromatic carbocycles. The third-order valence-electron chi connectivity index (χ3n) is 2.29. The summed E-state index contributed by atoms with van der Waals surface area (Å²) in [6, 6.07) is 7.81. The fraction of sp³-hybridized carbons (Fsp3) is 0.167. The standard InChI is InChI=1S/C12H12N2O3/c1-7-3-5-9(6-4-7)14-12-13-8(2)10(17-12)11(15)16/h3-6H,1-2H3,(H,13,14)(H,15,16). The van der Waals surface area contributed by atoms with Gasteiger partial charge in [-0.05, 0) is 26.0 Å². The highest BCUT2D eigenvalue weighted by Crippen LogP contribution is 2.19. The zero-order valence-corrected chi connectivity index (χ0v) is 9.52. The number of oxazole rings is 1. The molecule has 0 fully saturated rings. The van der Waals surface area contributed by atoms with E-state index >= 15 is 0 Å². The Morgan fingerprint density at radius 3 is 2.47 bits per heavy atom. The van der Waals surface area contributed by atoms with E-state index in [1.54, 1.807) is 6.92 Å². The Bertz CT molecular complexity index is 543. The van der Waals surface area contributed by atoms with Gasteiger partial charge in [0.15, 0.2) is 0 Å².